The van der Waals surface area contributed by atoms with Crippen LogP contribution in [0.4, 0.5) is 11.4 Å². The number of benzene rings is 2. The van der Waals surface area contributed by atoms with Gasteiger partial charge in [0.2, 0.25) is 5.91 Å². The van der Waals surface area contributed by atoms with Crippen molar-refractivity contribution in [2.24, 2.45) is 0 Å². The SMILES string of the molecule is Cc1ccc(Cl)cc1NCC(=O)Nc1ccc(C(=O)N2CCCCCC2)cc1. The van der Waals surface area contributed by atoms with E-state index in [4.69, 9.17) is 11.6 Å². The monoisotopic (exact) mass is 399 g/mol. The molecule has 28 heavy (non-hydrogen) atoms. The minimum absolute atomic E-state index is 0.0675. The molecule has 0 aromatic heterocycles. The molecule has 1 aliphatic rings. The highest BCUT2D eigenvalue weighted by Crippen LogP contribution is 2.20. The van der Waals surface area contributed by atoms with E-state index in [0.717, 1.165) is 37.2 Å². The zero-order valence-corrected chi connectivity index (χ0v) is 16.9. The summed E-state index contributed by atoms with van der Waals surface area (Å²) in [4.78, 5) is 26.8. The number of amides is 2. The van der Waals surface area contributed by atoms with Crippen molar-refractivity contribution in [1.82, 2.24) is 4.90 Å². The van der Waals surface area contributed by atoms with Gasteiger partial charge in [-0.25, -0.2) is 0 Å². The van der Waals surface area contributed by atoms with E-state index in [0.29, 0.717) is 16.3 Å². The van der Waals surface area contributed by atoms with Crippen LogP contribution >= 0.6 is 11.6 Å². The highest BCUT2D eigenvalue weighted by molar-refractivity contribution is 6.30. The normalized spacial score (nSPS) is 14.3. The molecule has 2 aromatic carbocycles. The molecule has 2 N–H and O–H groups in total. The van der Waals surface area contributed by atoms with Crippen LogP contribution in [0.25, 0.3) is 0 Å². The number of anilines is 2. The molecule has 5 nitrogen and oxygen atoms in total. The van der Waals surface area contributed by atoms with E-state index < -0.39 is 0 Å². The molecule has 1 fully saturated rings. The number of halogens is 1. The first-order chi connectivity index (χ1) is 13.5. The fourth-order valence-electron chi connectivity index (χ4n) is 3.32. The van der Waals surface area contributed by atoms with Gasteiger partial charge in [-0.3, -0.25) is 9.59 Å². The molecule has 0 unspecified atom stereocenters. The molecule has 6 heteroatoms. The first kappa shape index (κ1) is 20.2. The summed E-state index contributed by atoms with van der Waals surface area (Å²) in [6.07, 6.45) is 4.52. The minimum Gasteiger partial charge on any atom is -0.376 e. The highest BCUT2D eigenvalue weighted by atomic mass is 35.5. The van der Waals surface area contributed by atoms with Gasteiger partial charge in [0.05, 0.1) is 6.54 Å². The first-order valence-electron chi connectivity index (χ1n) is 9.72. The molecule has 0 bridgehead atoms. The second kappa shape index (κ2) is 9.60. The van der Waals surface area contributed by atoms with Gasteiger partial charge < -0.3 is 15.5 Å². The summed E-state index contributed by atoms with van der Waals surface area (Å²) in [5.41, 5.74) is 3.18. The number of nitrogens with one attached hydrogen (secondary N) is 2. The molecule has 1 aliphatic heterocycles. The lowest BCUT2D eigenvalue weighted by atomic mass is 10.1. The van der Waals surface area contributed by atoms with E-state index in [9.17, 15) is 9.59 Å². The number of hydrogen-bond acceptors (Lipinski definition) is 3. The summed E-state index contributed by atoms with van der Waals surface area (Å²) in [7, 11) is 0. The number of aryl methyl sites for hydroxylation is 1. The third kappa shape index (κ3) is 5.49. The van der Waals surface area contributed by atoms with Crippen LogP contribution in [0, 0.1) is 6.92 Å². The van der Waals surface area contributed by atoms with E-state index in [1.165, 1.54) is 12.8 Å². The van der Waals surface area contributed by atoms with Crippen molar-refractivity contribution in [3.63, 3.8) is 0 Å². The predicted molar refractivity (Wildman–Crippen MR) is 114 cm³/mol. The average Bonchev–Trinajstić information content (AvgIpc) is 2.98. The van der Waals surface area contributed by atoms with Crippen LogP contribution in [0.3, 0.4) is 0 Å². The van der Waals surface area contributed by atoms with Gasteiger partial charge in [-0.2, -0.15) is 0 Å². The van der Waals surface area contributed by atoms with Crippen LogP contribution in [-0.2, 0) is 4.79 Å². The Hall–Kier alpha value is -2.53. The lowest BCUT2D eigenvalue weighted by Gasteiger charge is -2.20. The predicted octanol–water partition coefficient (Wildman–Crippen LogP) is 4.72. The van der Waals surface area contributed by atoms with Crippen LogP contribution in [0.2, 0.25) is 5.02 Å². The van der Waals surface area contributed by atoms with Crippen molar-refractivity contribution in [2.75, 3.05) is 30.3 Å². The van der Waals surface area contributed by atoms with Gasteiger partial charge in [0, 0.05) is 35.1 Å². The molecule has 0 atom stereocenters. The van der Waals surface area contributed by atoms with Crippen LogP contribution in [0.1, 0.15) is 41.6 Å². The summed E-state index contributed by atoms with van der Waals surface area (Å²) in [5.74, 6) is -0.0937. The van der Waals surface area contributed by atoms with Crippen molar-refractivity contribution in [1.29, 1.82) is 0 Å². The molecule has 0 spiro atoms. The van der Waals surface area contributed by atoms with E-state index in [2.05, 4.69) is 10.6 Å². The Balaban J connectivity index is 1.54. The van der Waals surface area contributed by atoms with Gasteiger partial charge >= 0.3 is 0 Å². The number of nitrogens with zero attached hydrogens (tertiary/aromatic N) is 1. The highest BCUT2D eigenvalue weighted by Gasteiger charge is 2.17. The van der Waals surface area contributed by atoms with Crippen LogP contribution in [-0.4, -0.2) is 36.3 Å². The van der Waals surface area contributed by atoms with Gasteiger partial charge in [-0.05, 0) is 61.7 Å². The molecular weight excluding hydrogens is 374 g/mol. The van der Waals surface area contributed by atoms with Gasteiger partial charge in [0.1, 0.15) is 0 Å². The summed E-state index contributed by atoms with van der Waals surface area (Å²) in [5, 5.41) is 6.56. The smallest absolute Gasteiger partial charge is 0.253 e. The summed E-state index contributed by atoms with van der Waals surface area (Å²) >= 11 is 6.00. The zero-order chi connectivity index (χ0) is 19.9. The molecule has 0 saturated carbocycles. The van der Waals surface area contributed by atoms with Gasteiger partial charge in [-0.15, -0.1) is 0 Å². The lowest BCUT2D eigenvalue weighted by molar-refractivity contribution is -0.114. The first-order valence-corrected chi connectivity index (χ1v) is 10.1. The third-order valence-corrected chi connectivity index (χ3v) is 5.18. The van der Waals surface area contributed by atoms with Crippen LogP contribution in [0.15, 0.2) is 42.5 Å². The number of carbonyl (C=O) groups is 2. The summed E-state index contributed by atoms with van der Waals surface area (Å²) < 4.78 is 0. The van der Waals surface area contributed by atoms with E-state index in [1.54, 1.807) is 30.3 Å². The third-order valence-electron chi connectivity index (χ3n) is 4.95. The molecule has 1 saturated heterocycles. The van der Waals surface area contributed by atoms with Crippen molar-refractivity contribution >= 4 is 34.8 Å². The number of hydrogen-bond donors (Lipinski definition) is 2. The van der Waals surface area contributed by atoms with Crippen LogP contribution < -0.4 is 10.6 Å². The van der Waals surface area contributed by atoms with Crippen molar-refractivity contribution in [3.05, 3.63) is 58.6 Å². The summed E-state index contributed by atoms with van der Waals surface area (Å²) in [6, 6.07) is 12.6. The summed E-state index contributed by atoms with van der Waals surface area (Å²) in [6.45, 7) is 3.74. The maximum Gasteiger partial charge on any atom is 0.253 e. The minimum atomic E-state index is -0.161. The Kier molecular flexibility index (Phi) is 6.93. The number of likely N-dealkylation sites (tertiary alicyclic amines) is 1. The number of carbonyl (C=O) groups excluding carboxylic acids is 2. The van der Waals surface area contributed by atoms with Gasteiger partial charge in [0.25, 0.3) is 5.91 Å². The maximum absolute atomic E-state index is 12.6. The Bertz CT molecular complexity index is 828. The van der Waals surface area contributed by atoms with Gasteiger partial charge in [0.15, 0.2) is 0 Å². The Morgan fingerprint density at radius 3 is 2.36 bits per heavy atom. The molecule has 1 heterocycles. The fraction of sp³-hybridized carbons (Fsp3) is 0.364. The van der Waals surface area contributed by atoms with E-state index in [1.807, 2.05) is 24.0 Å². The standard InChI is InChI=1S/C22H26ClN3O2/c1-16-6-9-18(23)14-20(16)24-15-21(27)25-19-10-7-17(8-11-19)22(28)26-12-4-2-3-5-13-26/h6-11,14,24H,2-5,12-13,15H2,1H3,(H,25,27). The Labute approximate surface area is 171 Å². The molecule has 148 valence electrons. The second-order valence-corrected chi connectivity index (χ2v) is 7.58. The van der Waals surface area contributed by atoms with Gasteiger partial charge in [-0.1, -0.05) is 30.5 Å². The Morgan fingerprint density at radius 1 is 1.00 bits per heavy atom. The molecular formula is C22H26ClN3O2. The topological polar surface area (TPSA) is 61.4 Å². The fourth-order valence-corrected chi connectivity index (χ4v) is 3.49. The Morgan fingerprint density at radius 2 is 1.68 bits per heavy atom. The zero-order valence-electron chi connectivity index (χ0n) is 16.1. The lowest BCUT2D eigenvalue weighted by Crippen LogP contribution is -2.31. The average molecular weight is 400 g/mol. The molecule has 2 amide bonds. The molecule has 0 aliphatic carbocycles. The number of rotatable bonds is 5. The molecule has 3 rings (SSSR count). The molecule has 2 aromatic rings. The second-order valence-electron chi connectivity index (χ2n) is 7.14. The van der Waals surface area contributed by atoms with Crippen molar-refractivity contribution < 1.29 is 9.59 Å². The van der Waals surface area contributed by atoms with Crippen molar-refractivity contribution in [3.8, 4) is 0 Å². The van der Waals surface area contributed by atoms with Crippen molar-refractivity contribution in [2.45, 2.75) is 32.6 Å². The maximum atomic E-state index is 12.6. The largest absolute Gasteiger partial charge is 0.376 e. The van der Waals surface area contributed by atoms with E-state index in [-0.39, 0.29) is 18.4 Å². The molecule has 0 radical (unpaired) electrons. The van der Waals surface area contributed by atoms with Crippen LogP contribution in [0.5, 0.6) is 0 Å². The van der Waals surface area contributed by atoms with E-state index >= 15 is 0 Å². The quantitative estimate of drug-likeness (QED) is 0.765.